The van der Waals surface area contributed by atoms with Gasteiger partial charge < -0.3 is 29.3 Å². The van der Waals surface area contributed by atoms with Gasteiger partial charge in [0.05, 0.1) is 0 Å². The van der Waals surface area contributed by atoms with Crippen molar-refractivity contribution in [1.29, 1.82) is 0 Å². The molecule has 3 amide bonds. The van der Waals surface area contributed by atoms with E-state index in [1.165, 1.54) is 4.90 Å². The summed E-state index contributed by atoms with van der Waals surface area (Å²) in [7, 11) is 0. The molecule has 0 spiro atoms. The molecule has 2 aliphatic rings. The van der Waals surface area contributed by atoms with Gasteiger partial charge in [0.1, 0.15) is 30.9 Å². The number of nitrogens with one attached hydrogen (secondary N) is 1. The van der Waals surface area contributed by atoms with Crippen LogP contribution in [-0.2, 0) is 46.6 Å². The number of carbonyl (C=O) groups excluding carboxylic acids is 5. The summed E-state index contributed by atoms with van der Waals surface area (Å²) >= 11 is 0. The lowest BCUT2D eigenvalue weighted by Gasteiger charge is -2.30. The number of ether oxygens (including phenoxy) is 3. The molecular formula is C34H43N3O8. The van der Waals surface area contributed by atoms with E-state index in [-0.39, 0.29) is 19.1 Å². The Bertz CT molecular complexity index is 1300. The predicted octanol–water partition coefficient (Wildman–Crippen LogP) is 3.98. The number of hydrogen-bond acceptors (Lipinski definition) is 8. The number of rotatable bonds is 11. The first-order valence-corrected chi connectivity index (χ1v) is 15.4. The molecule has 0 aliphatic carbocycles. The summed E-state index contributed by atoms with van der Waals surface area (Å²) in [6, 6.07) is 14.0. The molecule has 0 aromatic heterocycles. The maximum Gasteiger partial charge on any atom is 0.408 e. The highest BCUT2D eigenvalue weighted by atomic mass is 16.6. The van der Waals surface area contributed by atoms with Gasteiger partial charge in [-0.3, -0.25) is 9.59 Å². The van der Waals surface area contributed by atoms with E-state index in [0.717, 1.165) is 16.0 Å². The van der Waals surface area contributed by atoms with Crippen molar-refractivity contribution in [1.82, 2.24) is 15.1 Å². The van der Waals surface area contributed by atoms with Gasteiger partial charge in [-0.1, -0.05) is 74.5 Å². The van der Waals surface area contributed by atoms with Crippen molar-refractivity contribution in [3.8, 4) is 0 Å². The second kappa shape index (κ2) is 14.6. The monoisotopic (exact) mass is 621 g/mol. The SMILES string of the molecule is CC(C)C[C@H](NC(=O)OC(C)(C)C)C(=O)N1CCC[C@@H]1C(=O)N1C(C(=O)OCc2ccccc2)C1C(=O)OCc1ccccc1. The number of likely N-dealkylation sites (tertiary alicyclic amines) is 1. The van der Waals surface area contributed by atoms with Crippen LogP contribution >= 0.6 is 0 Å². The van der Waals surface area contributed by atoms with Crippen LogP contribution in [0.15, 0.2) is 60.7 Å². The van der Waals surface area contributed by atoms with Crippen LogP contribution in [0.4, 0.5) is 4.79 Å². The van der Waals surface area contributed by atoms with Crippen LogP contribution in [0.25, 0.3) is 0 Å². The van der Waals surface area contributed by atoms with Gasteiger partial charge in [-0.15, -0.1) is 0 Å². The van der Waals surface area contributed by atoms with E-state index in [1.54, 1.807) is 45.0 Å². The second-order valence-electron chi connectivity index (χ2n) is 12.8. The molecular weight excluding hydrogens is 578 g/mol. The Morgan fingerprint density at radius 2 is 1.36 bits per heavy atom. The van der Waals surface area contributed by atoms with Gasteiger partial charge in [0.25, 0.3) is 0 Å². The Morgan fingerprint density at radius 3 is 1.82 bits per heavy atom. The lowest BCUT2D eigenvalue weighted by atomic mass is 10.0. The molecule has 4 rings (SSSR count). The summed E-state index contributed by atoms with van der Waals surface area (Å²) in [6.45, 7) is 9.29. The maximum atomic E-state index is 14.0. The van der Waals surface area contributed by atoms with Crippen molar-refractivity contribution in [2.75, 3.05) is 6.54 Å². The van der Waals surface area contributed by atoms with Crippen molar-refractivity contribution in [3.05, 3.63) is 71.8 Å². The summed E-state index contributed by atoms with van der Waals surface area (Å²) in [5.41, 5.74) is 0.762. The number of nitrogens with zero attached hydrogens (tertiary/aromatic N) is 2. The molecule has 0 radical (unpaired) electrons. The summed E-state index contributed by atoms with van der Waals surface area (Å²) in [6.07, 6.45) is 0.502. The first-order valence-electron chi connectivity index (χ1n) is 15.4. The van der Waals surface area contributed by atoms with Gasteiger partial charge >= 0.3 is 18.0 Å². The standard InChI is InChI=1S/C34H43N3O8/c1-22(2)19-25(35-33(42)45-34(3,4)5)29(38)36-18-12-17-26(36)30(39)37-27(31(40)43-20-23-13-8-6-9-14-23)28(37)32(41)44-21-24-15-10-7-11-16-24/h6-11,13-16,22,25-28H,12,17-21H2,1-5H3,(H,35,42)/t25-,26+,27?,28?,37?/m0/s1. The fourth-order valence-corrected chi connectivity index (χ4v) is 5.42. The fraction of sp³-hybridized carbons (Fsp3) is 0.500. The van der Waals surface area contributed by atoms with Gasteiger partial charge in [0.15, 0.2) is 12.1 Å². The summed E-state index contributed by atoms with van der Waals surface area (Å²) in [4.78, 5) is 69.4. The number of carbonyl (C=O) groups is 5. The Morgan fingerprint density at radius 1 is 0.844 bits per heavy atom. The molecule has 45 heavy (non-hydrogen) atoms. The first kappa shape index (κ1) is 33.5. The van der Waals surface area contributed by atoms with Gasteiger partial charge in [0.2, 0.25) is 11.8 Å². The van der Waals surface area contributed by atoms with E-state index in [2.05, 4.69) is 5.32 Å². The zero-order valence-electron chi connectivity index (χ0n) is 26.6. The van der Waals surface area contributed by atoms with Crippen molar-refractivity contribution in [3.63, 3.8) is 0 Å². The zero-order valence-corrected chi connectivity index (χ0v) is 26.6. The van der Waals surface area contributed by atoms with Crippen LogP contribution in [0.2, 0.25) is 0 Å². The summed E-state index contributed by atoms with van der Waals surface area (Å²) < 4.78 is 16.4. The van der Waals surface area contributed by atoms with E-state index < -0.39 is 59.6 Å². The van der Waals surface area contributed by atoms with Crippen molar-refractivity contribution in [2.45, 2.75) is 96.9 Å². The first-order chi connectivity index (χ1) is 21.4. The Kier molecular flexibility index (Phi) is 10.8. The minimum Gasteiger partial charge on any atom is -0.459 e. The summed E-state index contributed by atoms with van der Waals surface area (Å²) in [5, 5.41) is 2.68. The Hall–Kier alpha value is -4.41. The van der Waals surface area contributed by atoms with Crippen molar-refractivity contribution in [2.24, 2.45) is 5.92 Å². The van der Waals surface area contributed by atoms with E-state index in [4.69, 9.17) is 14.2 Å². The highest BCUT2D eigenvalue weighted by Gasteiger charge is 2.63. The second-order valence-corrected chi connectivity index (χ2v) is 12.8. The number of esters is 2. The number of hydrogen-bond donors (Lipinski definition) is 1. The molecule has 2 aliphatic heterocycles. The normalized spacial score (nSPS) is 19.9. The lowest BCUT2D eigenvalue weighted by molar-refractivity contribution is -0.148. The third-order valence-electron chi connectivity index (χ3n) is 7.51. The predicted molar refractivity (Wildman–Crippen MR) is 164 cm³/mol. The molecule has 2 unspecified atom stereocenters. The Balaban J connectivity index is 1.49. The minimum atomic E-state index is -1.17. The fourth-order valence-electron chi connectivity index (χ4n) is 5.42. The molecule has 11 heteroatoms. The van der Waals surface area contributed by atoms with E-state index in [0.29, 0.717) is 25.8 Å². The molecule has 0 bridgehead atoms. The van der Waals surface area contributed by atoms with Crippen LogP contribution in [0.3, 0.4) is 0 Å². The highest BCUT2D eigenvalue weighted by molar-refractivity contribution is 6.03. The van der Waals surface area contributed by atoms with Crippen LogP contribution in [-0.4, -0.2) is 76.0 Å². The molecule has 2 aromatic rings. The minimum absolute atomic E-state index is 0.0226. The summed E-state index contributed by atoms with van der Waals surface area (Å²) in [5.74, 6) is -2.35. The third kappa shape index (κ3) is 9.06. The smallest absolute Gasteiger partial charge is 0.408 e. The van der Waals surface area contributed by atoms with Crippen LogP contribution in [0.5, 0.6) is 0 Å². The molecule has 2 heterocycles. The van der Waals surface area contributed by atoms with E-state index in [9.17, 15) is 24.0 Å². The van der Waals surface area contributed by atoms with Gasteiger partial charge in [-0.05, 0) is 57.1 Å². The lowest BCUT2D eigenvalue weighted by Crippen LogP contribution is -2.53. The highest BCUT2D eigenvalue weighted by Crippen LogP contribution is 2.35. The number of amides is 3. The van der Waals surface area contributed by atoms with Gasteiger partial charge in [0, 0.05) is 6.54 Å². The molecule has 0 saturated carbocycles. The molecule has 242 valence electrons. The molecule has 4 atom stereocenters. The zero-order chi connectivity index (χ0) is 32.7. The van der Waals surface area contributed by atoms with E-state index in [1.807, 2.05) is 50.2 Å². The quantitative estimate of drug-likeness (QED) is 0.227. The molecule has 1 N–H and O–H groups in total. The van der Waals surface area contributed by atoms with Crippen molar-refractivity contribution < 1.29 is 38.2 Å². The molecule has 2 fully saturated rings. The van der Waals surface area contributed by atoms with Gasteiger partial charge in [-0.2, -0.15) is 0 Å². The van der Waals surface area contributed by atoms with Crippen molar-refractivity contribution >= 4 is 29.8 Å². The molecule has 2 aromatic carbocycles. The maximum absolute atomic E-state index is 14.0. The van der Waals surface area contributed by atoms with Gasteiger partial charge in [-0.25, -0.2) is 14.4 Å². The van der Waals surface area contributed by atoms with Crippen LogP contribution < -0.4 is 5.32 Å². The number of benzene rings is 2. The average molecular weight is 622 g/mol. The van der Waals surface area contributed by atoms with Crippen LogP contribution in [0.1, 0.15) is 65.0 Å². The number of alkyl carbamates (subject to hydrolysis) is 1. The molecule has 2 saturated heterocycles. The topological polar surface area (TPSA) is 131 Å². The third-order valence-corrected chi connectivity index (χ3v) is 7.51. The van der Waals surface area contributed by atoms with E-state index >= 15 is 0 Å². The van der Waals surface area contributed by atoms with Crippen LogP contribution in [0, 0.1) is 5.92 Å². The largest absolute Gasteiger partial charge is 0.459 e. The Labute approximate surface area is 264 Å². The molecule has 11 nitrogen and oxygen atoms in total. The average Bonchev–Trinajstić information content (AvgIpc) is 3.55.